The van der Waals surface area contributed by atoms with E-state index in [-0.39, 0.29) is 5.97 Å². The lowest BCUT2D eigenvalue weighted by Crippen LogP contribution is -2.09. The Morgan fingerprint density at radius 2 is 1.75 bits per heavy atom. The second-order valence-corrected chi connectivity index (χ2v) is 4.52. The predicted octanol–water partition coefficient (Wildman–Crippen LogP) is 3.52. The molecule has 0 aliphatic heterocycles. The Bertz CT molecular complexity index is 552. The molecule has 0 fully saturated rings. The number of hydrogen-bond donors (Lipinski definition) is 1. The molecule has 0 atom stereocenters. The number of carbonyl (C=O) groups is 1. The van der Waals surface area contributed by atoms with Crippen LogP contribution in [-0.2, 0) is 11.2 Å². The zero-order valence-corrected chi connectivity index (χ0v) is 11.6. The number of benzene rings is 2. The Morgan fingerprint density at radius 1 is 1.05 bits per heavy atom. The van der Waals surface area contributed by atoms with Crippen molar-refractivity contribution in [2.45, 2.75) is 12.8 Å². The smallest absolute Gasteiger partial charge is 0.340 e. The minimum absolute atomic E-state index is 0.275. The zero-order chi connectivity index (χ0) is 14.2. The van der Waals surface area contributed by atoms with Crippen molar-refractivity contribution in [3.63, 3.8) is 0 Å². The molecule has 20 heavy (non-hydrogen) atoms. The molecule has 0 aliphatic carbocycles. The van der Waals surface area contributed by atoms with Gasteiger partial charge in [-0.1, -0.05) is 42.5 Å². The first-order valence-electron chi connectivity index (χ1n) is 6.79. The minimum atomic E-state index is -0.275. The molecule has 0 bridgehead atoms. The van der Waals surface area contributed by atoms with Crippen LogP contribution in [-0.4, -0.2) is 19.6 Å². The molecule has 2 aromatic carbocycles. The fourth-order valence-electron chi connectivity index (χ4n) is 2.04. The molecule has 2 rings (SSSR count). The third-order valence-corrected chi connectivity index (χ3v) is 3.10. The Balaban J connectivity index is 1.81. The SMILES string of the molecule is CNc1ccccc1C(=O)OCCCc1ccccc1. The lowest BCUT2D eigenvalue weighted by Gasteiger charge is -2.09. The molecule has 0 aromatic heterocycles. The first kappa shape index (κ1) is 14.1. The topological polar surface area (TPSA) is 38.3 Å². The number of carbonyl (C=O) groups excluding carboxylic acids is 1. The van der Waals surface area contributed by atoms with Gasteiger partial charge in [-0.3, -0.25) is 0 Å². The minimum Gasteiger partial charge on any atom is -0.462 e. The van der Waals surface area contributed by atoms with Crippen molar-refractivity contribution in [2.75, 3.05) is 19.0 Å². The quantitative estimate of drug-likeness (QED) is 0.644. The van der Waals surface area contributed by atoms with Gasteiger partial charge in [-0.15, -0.1) is 0 Å². The van der Waals surface area contributed by atoms with Crippen LogP contribution in [0.3, 0.4) is 0 Å². The van der Waals surface area contributed by atoms with Gasteiger partial charge in [0.25, 0.3) is 0 Å². The number of esters is 1. The Kier molecular flexibility index (Phi) is 5.18. The maximum atomic E-state index is 12.0. The maximum Gasteiger partial charge on any atom is 0.340 e. The molecular weight excluding hydrogens is 250 g/mol. The highest BCUT2D eigenvalue weighted by molar-refractivity contribution is 5.95. The predicted molar refractivity (Wildman–Crippen MR) is 81.0 cm³/mol. The van der Waals surface area contributed by atoms with E-state index in [1.165, 1.54) is 5.56 Å². The summed E-state index contributed by atoms with van der Waals surface area (Å²) >= 11 is 0. The summed E-state index contributed by atoms with van der Waals surface area (Å²) in [6.07, 6.45) is 1.75. The van der Waals surface area contributed by atoms with Crippen molar-refractivity contribution < 1.29 is 9.53 Å². The Morgan fingerprint density at radius 3 is 2.50 bits per heavy atom. The van der Waals surface area contributed by atoms with E-state index in [4.69, 9.17) is 4.74 Å². The summed E-state index contributed by atoms with van der Waals surface area (Å²) in [6.45, 7) is 0.436. The molecule has 104 valence electrons. The number of hydrogen-bond acceptors (Lipinski definition) is 3. The van der Waals surface area contributed by atoms with E-state index >= 15 is 0 Å². The maximum absolute atomic E-state index is 12.0. The van der Waals surface area contributed by atoms with Crippen LogP contribution in [0.1, 0.15) is 22.3 Å². The second-order valence-electron chi connectivity index (χ2n) is 4.52. The number of para-hydroxylation sites is 1. The highest BCUT2D eigenvalue weighted by atomic mass is 16.5. The lowest BCUT2D eigenvalue weighted by molar-refractivity contribution is 0.0502. The van der Waals surface area contributed by atoms with E-state index in [1.54, 1.807) is 13.1 Å². The number of nitrogens with one attached hydrogen (secondary N) is 1. The van der Waals surface area contributed by atoms with Gasteiger partial charge >= 0.3 is 5.97 Å². The van der Waals surface area contributed by atoms with Crippen molar-refractivity contribution in [1.82, 2.24) is 0 Å². The van der Waals surface area contributed by atoms with Gasteiger partial charge in [0.05, 0.1) is 12.2 Å². The summed E-state index contributed by atoms with van der Waals surface area (Å²) in [4.78, 5) is 12.0. The molecule has 3 nitrogen and oxygen atoms in total. The van der Waals surface area contributed by atoms with Crippen molar-refractivity contribution in [2.24, 2.45) is 0 Å². The summed E-state index contributed by atoms with van der Waals surface area (Å²) < 4.78 is 5.31. The Labute approximate surface area is 119 Å². The largest absolute Gasteiger partial charge is 0.462 e. The second kappa shape index (κ2) is 7.34. The first-order chi connectivity index (χ1) is 9.81. The summed E-state index contributed by atoms with van der Waals surface area (Å²) in [5, 5.41) is 2.99. The molecule has 0 unspecified atom stereocenters. The van der Waals surface area contributed by atoms with E-state index in [2.05, 4.69) is 17.4 Å². The van der Waals surface area contributed by atoms with Crippen LogP contribution < -0.4 is 5.32 Å². The van der Waals surface area contributed by atoms with Crippen LogP contribution >= 0.6 is 0 Å². The third kappa shape index (κ3) is 3.85. The van der Waals surface area contributed by atoms with Crippen LogP contribution in [0.2, 0.25) is 0 Å². The van der Waals surface area contributed by atoms with Gasteiger partial charge in [0, 0.05) is 12.7 Å². The van der Waals surface area contributed by atoms with Crippen molar-refractivity contribution >= 4 is 11.7 Å². The average Bonchev–Trinajstić information content (AvgIpc) is 2.52. The summed E-state index contributed by atoms with van der Waals surface area (Å²) in [6, 6.07) is 17.6. The van der Waals surface area contributed by atoms with Gasteiger partial charge in [-0.05, 0) is 30.5 Å². The molecule has 0 saturated carbocycles. The molecule has 0 aliphatic rings. The van der Waals surface area contributed by atoms with Crippen LogP contribution in [0.25, 0.3) is 0 Å². The zero-order valence-electron chi connectivity index (χ0n) is 11.6. The van der Waals surface area contributed by atoms with Gasteiger partial charge in [-0.25, -0.2) is 4.79 Å². The molecule has 2 aromatic rings. The number of ether oxygens (including phenoxy) is 1. The fourth-order valence-corrected chi connectivity index (χ4v) is 2.04. The van der Waals surface area contributed by atoms with E-state index in [1.807, 2.05) is 36.4 Å². The van der Waals surface area contributed by atoms with Crippen LogP contribution in [0.5, 0.6) is 0 Å². The lowest BCUT2D eigenvalue weighted by atomic mass is 10.1. The highest BCUT2D eigenvalue weighted by Crippen LogP contribution is 2.15. The standard InChI is InChI=1S/C17H19NO2/c1-18-16-12-6-5-11-15(16)17(19)20-13-7-10-14-8-3-2-4-9-14/h2-6,8-9,11-12,18H,7,10,13H2,1H3. The van der Waals surface area contributed by atoms with Gasteiger partial charge in [0.15, 0.2) is 0 Å². The molecule has 0 spiro atoms. The van der Waals surface area contributed by atoms with Gasteiger partial charge in [-0.2, -0.15) is 0 Å². The van der Waals surface area contributed by atoms with E-state index < -0.39 is 0 Å². The monoisotopic (exact) mass is 269 g/mol. The molecular formula is C17H19NO2. The summed E-state index contributed by atoms with van der Waals surface area (Å²) in [7, 11) is 1.79. The fraction of sp³-hybridized carbons (Fsp3) is 0.235. The summed E-state index contributed by atoms with van der Waals surface area (Å²) in [5.74, 6) is -0.275. The average molecular weight is 269 g/mol. The summed E-state index contributed by atoms with van der Waals surface area (Å²) in [5.41, 5.74) is 2.63. The molecule has 0 saturated heterocycles. The van der Waals surface area contributed by atoms with Crippen LogP contribution in [0, 0.1) is 0 Å². The van der Waals surface area contributed by atoms with Crippen LogP contribution in [0.15, 0.2) is 54.6 Å². The third-order valence-electron chi connectivity index (χ3n) is 3.10. The first-order valence-corrected chi connectivity index (χ1v) is 6.79. The molecule has 1 N–H and O–H groups in total. The number of rotatable bonds is 6. The molecule has 3 heteroatoms. The van der Waals surface area contributed by atoms with Gasteiger partial charge in [0.1, 0.15) is 0 Å². The van der Waals surface area contributed by atoms with Gasteiger partial charge < -0.3 is 10.1 Å². The molecule has 0 heterocycles. The Hall–Kier alpha value is -2.29. The normalized spacial score (nSPS) is 10.1. The van der Waals surface area contributed by atoms with Crippen molar-refractivity contribution in [1.29, 1.82) is 0 Å². The molecule has 0 amide bonds. The van der Waals surface area contributed by atoms with E-state index in [9.17, 15) is 4.79 Å². The van der Waals surface area contributed by atoms with Crippen molar-refractivity contribution in [3.05, 3.63) is 65.7 Å². The van der Waals surface area contributed by atoms with Crippen LogP contribution in [0.4, 0.5) is 5.69 Å². The van der Waals surface area contributed by atoms with E-state index in [0.29, 0.717) is 12.2 Å². The van der Waals surface area contributed by atoms with Gasteiger partial charge in [0.2, 0.25) is 0 Å². The number of aryl methyl sites for hydroxylation is 1. The molecule has 0 radical (unpaired) electrons. The van der Waals surface area contributed by atoms with Crippen molar-refractivity contribution in [3.8, 4) is 0 Å². The highest BCUT2D eigenvalue weighted by Gasteiger charge is 2.10. The number of anilines is 1. The van der Waals surface area contributed by atoms with E-state index in [0.717, 1.165) is 18.5 Å².